The van der Waals surface area contributed by atoms with Gasteiger partial charge in [0.1, 0.15) is 0 Å². The molecule has 0 saturated carbocycles. The molecule has 0 bridgehead atoms. The standard InChI is InChI=1S/C12H25NO2/c1-6-13(7-2)9-10(11(14)15)8-12(3,4)5/h10H,6-9H2,1-5H3,(H,14,15). The third-order valence-electron chi connectivity index (χ3n) is 2.58. The van der Waals surface area contributed by atoms with Crippen molar-refractivity contribution in [1.29, 1.82) is 0 Å². The average Bonchev–Trinajstić information content (AvgIpc) is 2.09. The van der Waals surface area contributed by atoms with E-state index < -0.39 is 5.97 Å². The van der Waals surface area contributed by atoms with Crippen LogP contribution < -0.4 is 0 Å². The number of carboxylic acid groups (broad SMARTS) is 1. The molecule has 0 aromatic rings. The highest BCUT2D eigenvalue weighted by molar-refractivity contribution is 5.70. The summed E-state index contributed by atoms with van der Waals surface area (Å²) in [4.78, 5) is 13.3. The molecule has 1 atom stereocenters. The van der Waals surface area contributed by atoms with E-state index in [-0.39, 0.29) is 11.3 Å². The van der Waals surface area contributed by atoms with Crippen molar-refractivity contribution in [2.24, 2.45) is 11.3 Å². The molecule has 0 spiro atoms. The fourth-order valence-corrected chi connectivity index (χ4v) is 1.76. The lowest BCUT2D eigenvalue weighted by molar-refractivity contribution is -0.143. The van der Waals surface area contributed by atoms with Crippen molar-refractivity contribution in [3.8, 4) is 0 Å². The molecule has 0 radical (unpaired) electrons. The zero-order chi connectivity index (χ0) is 12.1. The first-order valence-electron chi connectivity index (χ1n) is 5.75. The topological polar surface area (TPSA) is 40.5 Å². The Kier molecular flexibility index (Phi) is 5.88. The third-order valence-corrected chi connectivity index (χ3v) is 2.58. The summed E-state index contributed by atoms with van der Waals surface area (Å²) in [5.41, 5.74) is 0.0796. The van der Waals surface area contributed by atoms with E-state index in [4.69, 9.17) is 5.11 Å². The first kappa shape index (κ1) is 14.4. The quantitative estimate of drug-likeness (QED) is 0.740. The van der Waals surface area contributed by atoms with Crippen molar-refractivity contribution in [1.82, 2.24) is 4.90 Å². The first-order valence-corrected chi connectivity index (χ1v) is 5.75. The second-order valence-corrected chi connectivity index (χ2v) is 5.29. The van der Waals surface area contributed by atoms with Crippen LogP contribution in [0, 0.1) is 11.3 Å². The molecule has 0 aromatic carbocycles. The molecule has 15 heavy (non-hydrogen) atoms. The van der Waals surface area contributed by atoms with E-state index in [1.54, 1.807) is 0 Å². The van der Waals surface area contributed by atoms with Crippen LogP contribution in [-0.2, 0) is 4.79 Å². The fraction of sp³-hybridized carbons (Fsp3) is 0.917. The van der Waals surface area contributed by atoms with Crippen LogP contribution in [0.3, 0.4) is 0 Å². The molecular weight excluding hydrogens is 190 g/mol. The van der Waals surface area contributed by atoms with Crippen LogP contribution in [0.5, 0.6) is 0 Å². The minimum atomic E-state index is -0.670. The molecule has 1 N–H and O–H groups in total. The molecule has 0 amide bonds. The highest BCUT2D eigenvalue weighted by atomic mass is 16.4. The summed E-state index contributed by atoms with van der Waals surface area (Å²) in [6.45, 7) is 12.9. The van der Waals surface area contributed by atoms with E-state index in [0.717, 1.165) is 19.5 Å². The highest BCUT2D eigenvalue weighted by Crippen LogP contribution is 2.25. The van der Waals surface area contributed by atoms with Gasteiger partial charge in [-0.3, -0.25) is 4.79 Å². The number of nitrogens with zero attached hydrogens (tertiary/aromatic N) is 1. The molecule has 0 saturated heterocycles. The van der Waals surface area contributed by atoms with E-state index in [9.17, 15) is 4.79 Å². The second-order valence-electron chi connectivity index (χ2n) is 5.29. The maximum Gasteiger partial charge on any atom is 0.307 e. The molecule has 0 aromatic heterocycles. The van der Waals surface area contributed by atoms with Crippen molar-refractivity contribution in [2.75, 3.05) is 19.6 Å². The summed E-state index contributed by atoms with van der Waals surface area (Å²) in [6, 6.07) is 0. The van der Waals surface area contributed by atoms with Gasteiger partial charge < -0.3 is 10.0 Å². The molecule has 0 aliphatic carbocycles. The van der Waals surface area contributed by atoms with E-state index in [1.165, 1.54) is 0 Å². The van der Waals surface area contributed by atoms with Crippen LogP contribution in [-0.4, -0.2) is 35.6 Å². The monoisotopic (exact) mass is 215 g/mol. The first-order chi connectivity index (χ1) is 6.80. The Labute approximate surface area is 93.5 Å². The molecule has 0 rings (SSSR count). The van der Waals surface area contributed by atoms with E-state index in [2.05, 4.69) is 39.5 Å². The Morgan fingerprint density at radius 3 is 2.00 bits per heavy atom. The van der Waals surface area contributed by atoms with Crippen LogP contribution in [0.4, 0.5) is 0 Å². The molecule has 1 unspecified atom stereocenters. The molecule has 0 fully saturated rings. The van der Waals surface area contributed by atoms with Gasteiger partial charge >= 0.3 is 5.97 Å². The highest BCUT2D eigenvalue weighted by Gasteiger charge is 2.25. The lowest BCUT2D eigenvalue weighted by Crippen LogP contribution is -2.35. The smallest absolute Gasteiger partial charge is 0.307 e. The van der Waals surface area contributed by atoms with Gasteiger partial charge in [-0.2, -0.15) is 0 Å². The predicted octanol–water partition coefficient (Wildman–Crippen LogP) is 2.47. The molecular formula is C12H25NO2. The van der Waals surface area contributed by atoms with Gasteiger partial charge in [0.25, 0.3) is 0 Å². The largest absolute Gasteiger partial charge is 0.481 e. The van der Waals surface area contributed by atoms with Crippen LogP contribution >= 0.6 is 0 Å². The van der Waals surface area contributed by atoms with Crippen LogP contribution in [0.1, 0.15) is 41.0 Å². The molecule has 0 aliphatic rings. The summed E-state index contributed by atoms with van der Waals surface area (Å²) in [5.74, 6) is -0.915. The number of aliphatic carboxylic acids is 1. The third kappa shape index (κ3) is 6.50. The Bertz CT molecular complexity index is 192. The van der Waals surface area contributed by atoms with Gasteiger partial charge in [0, 0.05) is 6.54 Å². The Morgan fingerprint density at radius 2 is 1.73 bits per heavy atom. The molecule has 3 nitrogen and oxygen atoms in total. The summed E-state index contributed by atoms with van der Waals surface area (Å²) in [7, 11) is 0. The van der Waals surface area contributed by atoms with Crippen LogP contribution in [0.2, 0.25) is 0 Å². The van der Waals surface area contributed by atoms with Crippen LogP contribution in [0.25, 0.3) is 0 Å². The van der Waals surface area contributed by atoms with Crippen LogP contribution in [0.15, 0.2) is 0 Å². The number of rotatable bonds is 6. The van der Waals surface area contributed by atoms with Crippen molar-refractivity contribution in [3.05, 3.63) is 0 Å². The fourth-order valence-electron chi connectivity index (χ4n) is 1.76. The Balaban J connectivity index is 4.34. The maximum absolute atomic E-state index is 11.1. The molecule has 90 valence electrons. The zero-order valence-electron chi connectivity index (χ0n) is 10.7. The van der Waals surface area contributed by atoms with Gasteiger partial charge in [-0.05, 0) is 24.9 Å². The molecule has 0 heterocycles. The lowest BCUT2D eigenvalue weighted by Gasteiger charge is -2.27. The van der Waals surface area contributed by atoms with E-state index in [0.29, 0.717) is 6.54 Å². The normalized spacial score (nSPS) is 14.3. The number of carboxylic acids is 1. The zero-order valence-corrected chi connectivity index (χ0v) is 10.7. The molecule has 3 heteroatoms. The van der Waals surface area contributed by atoms with Gasteiger partial charge in [-0.15, -0.1) is 0 Å². The number of hydrogen-bond donors (Lipinski definition) is 1. The Hall–Kier alpha value is -0.570. The van der Waals surface area contributed by atoms with Gasteiger partial charge in [-0.25, -0.2) is 0 Å². The Morgan fingerprint density at radius 1 is 1.27 bits per heavy atom. The van der Waals surface area contributed by atoms with Gasteiger partial charge in [0.2, 0.25) is 0 Å². The van der Waals surface area contributed by atoms with Gasteiger partial charge in [0.15, 0.2) is 0 Å². The number of hydrogen-bond acceptors (Lipinski definition) is 2. The minimum absolute atomic E-state index is 0.0796. The number of carbonyl (C=O) groups is 1. The predicted molar refractivity (Wildman–Crippen MR) is 63.0 cm³/mol. The summed E-state index contributed by atoms with van der Waals surface area (Å²) in [5, 5.41) is 9.15. The maximum atomic E-state index is 11.1. The summed E-state index contributed by atoms with van der Waals surface area (Å²) < 4.78 is 0. The van der Waals surface area contributed by atoms with E-state index >= 15 is 0 Å². The van der Waals surface area contributed by atoms with Crippen molar-refractivity contribution in [2.45, 2.75) is 41.0 Å². The summed E-state index contributed by atoms with van der Waals surface area (Å²) >= 11 is 0. The SMILES string of the molecule is CCN(CC)CC(CC(C)(C)C)C(=O)O. The molecule has 0 aliphatic heterocycles. The van der Waals surface area contributed by atoms with Gasteiger partial charge in [-0.1, -0.05) is 34.6 Å². The second kappa shape index (κ2) is 6.11. The van der Waals surface area contributed by atoms with Crippen molar-refractivity contribution >= 4 is 5.97 Å². The van der Waals surface area contributed by atoms with Gasteiger partial charge in [0.05, 0.1) is 5.92 Å². The lowest BCUT2D eigenvalue weighted by atomic mass is 9.84. The average molecular weight is 215 g/mol. The summed E-state index contributed by atoms with van der Waals surface area (Å²) in [6.07, 6.45) is 0.735. The minimum Gasteiger partial charge on any atom is -0.481 e. The van der Waals surface area contributed by atoms with Crippen molar-refractivity contribution < 1.29 is 9.90 Å². The van der Waals surface area contributed by atoms with Crippen molar-refractivity contribution in [3.63, 3.8) is 0 Å². The van der Waals surface area contributed by atoms with E-state index in [1.807, 2.05) is 0 Å².